The Morgan fingerprint density at radius 1 is 1.16 bits per heavy atom. The third-order valence-corrected chi connectivity index (χ3v) is 6.55. The second kappa shape index (κ2) is 9.80. The number of aromatic nitrogens is 5. The van der Waals surface area contributed by atoms with E-state index < -0.39 is 30.4 Å². The summed E-state index contributed by atoms with van der Waals surface area (Å²) in [7, 11) is 0. The van der Waals surface area contributed by atoms with Gasteiger partial charge in [0, 0.05) is 47.1 Å². The van der Waals surface area contributed by atoms with Gasteiger partial charge in [-0.1, -0.05) is 0 Å². The minimum Gasteiger partial charge on any atom is -0.351 e. The average Bonchev–Trinajstić information content (AvgIpc) is 3.49. The van der Waals surface area contributed by atoms with Gasteiger partial charge in [0.1, 0.15) is 12.1 Å². The largest absolute Gasteiger partial charge is 0.419 e. The van der Waals surface area contributed by atoms with Crippen LogP contribution in [0, 0.1) is 11.3 Å². The summed E-state index contributed by atoms with van der Waals surface area (Å²) in [5.41, 5.74) is 0.103. The highest BCUT2D eigenvalue weighted by atomic mass is 19.4. The summed E-state index contributed by atoms with van der Waals surface area (Å²) in [6.07, 6.45) is 0.823. The summed E-state index contributed by atoms with van der Waals surface area (Å²) in [4.78, 5) is 8.04. The number of nitrogens with zero attached hydrogens (tertiary/aromatic N) is 6. The van der Waals surface area contributed by atoms with E-state index in [0.717, 1.165) is 47.2 Å². The molecule has 0 amide bonds. The van der Waals surface area contributed by atoms with E-state index in [4.69, 9.17) is 5.26 Å². The van der Waals surface area contributed by atoms with Crippen LogP contribution in [0.15, 0.2) is 49.1 Å². The molecule has 7 nitrogen and oxygen atoms in total. The van der Waals surface area contributed by atoms with Gasteiger partial charge in [0.15, 0.2) is 0 Å². The van der Waals surface area contributed by atoms with Crippen LogP contribution in [0.5, 0.6) is 0 Å². The zero-order valence-corrected chi connectivity index (χ0v) is 19.5. The van der Waals surface area contributed by atoms with Crippen molar-refractivity contribution in [3.63, 3.8) is 0 Å². The summed E-state index contributed by atoms with van der Waals surface area (Å²) in [6, 6.07) is 9.71. The van der Waals surface area contributed by atoms with Crippen LogP contribution in [0.2, 0.25) is 0 Å². The first kappa shape index (κ1) is 24.7. The second-order valence-electron chi connectivity index (χ2n) is 9.07. The van der Waals surface area contributed by atoms with Crippen molar-refractivity contribution < 1.29 is 22.0 Å². The zero-order valence-electron chi connectivity index (χ0n) is 19.5. The summed E-state index contributed by atoms with van der Waals surface area (Å²) >= 11 is 0. The van der Waals surface area contributed by atoms with E-state index in [1.807, 2.05) is 24.4 Å². The normalized spacial score (nSPS) is 18.3. The van der Waals surface area contributed by atoms with Crippen LogP contribution in [-0.2, 0) is 12.7 Å². The maximum Gasteiger partial charge on any atom is 0.419 e. The monoisotopic (exact) mass is 515 g/mol. The van der Waals surface area contributed by atoms with Gasteiger partial charge >= 0.3 is 6.18 Å². The van der Waals surface area contributed by atoms with Gasteiger partial charge in [-0.2, -0.15) is 23.5 Å². The molecule has 0 unspecified atom stereocenters. The van der Waals surface area contributed by atoms with Gasteiger partial charge in [0.25, 0.3) is 6.43 Å². The summed E-state index contributed by atoms with van der Waals surface area (Å²) in [5.74, 6) is 0.0336. The van der Waals surface area contributed by atoms with Crippen LogP contribution in [-0.4, -0.2) is 36.8 Å². The Hall–Kier alpha value is -4.01. The van der Waals surface area contributed by atoms with Crippen molar-refractivity contribution in [3.05, 3.63) is 60.2 Å². The molecule has 4 aromatic rings. The molecule has 3 heterocycles. The molecule has 3 aromatic heterocycles. The Morgan fingerprint density at radius 2 is 2.00 bits per heavy atom. The first-order valence-corrected chi connectivity index (χ1v) is 11.7. The number of fused-ring (bicyclic) bond motifs is 1. The van der Waals surface area contributed by atoms with E-state index in [2.05, 4.69) is 31.0 Å². The molecule has 2 atom stereocenters. The molecular weight excluding hydrogens is 493 g/mol. The topological polar surface area (TPSA) is 84.4 Å². The van der Waals surface area contributed by atoms with E-state index in [-0.39, 0.29) is 23.6 Å². The molecule has 0 saturated heterocycles. The molecule has 0 radical (unpaired) electrons. The van der Waals surface area contributed by atoms with Crippen LogP contribution >= 0.6 is 0 Å². The first-order valence-electron chi connectivity index (χ1n) is 11.7. The van der Waals surface area contributed by atoms with E-state index in [1.54, 1.807) is 6.07 Å². The third kappa shape index (κ3) is 5.26. The minimum absolute atomic E-state index is 0.0181. The lowest BCUT2D eigenvalue weighted by molar-refractivity contribution is -0.137. The predicted molar refractivity (Wildman–Crippen MR) is 126 cm³/mol. The molecule has 1 fully saturated rings. The lowest BCUT2D eigenvalue weighted by Gasteiger charge is -2.31. The van der Waals surface area contributed by atoms with Gasteiger partial charge in [-0.25, -0.2) is 18.7 Å². The molecular formula is C25H22F5N7. The molecule has 1 saturated carbocycles. The molecule has 12 heteroatoms. The number of nitriles is 1. The maximum absolute atomic E-state index is 13.7. The summed E-state index contributed by atoms with van der Waals surface area (Å²) < 4.78 is 69.4. The first-order chi connectivity index (χ1) is 17.7. The number of benzene rings is 1. The van der Waals surface area contributed by atoms with E-state index in [1.165, 1.54) is 0 Å². The van der Waals surface area contributed by atoms with Gasteiger partial charge in [-0.15, -0.1) is 0 Å². The molecule has 37 heavy (non-hydrogen) atoms. The molecule has 0 aliphatic heterocycles. The van der Waals surface area contributed by atoms with Gasteiger partial charge in [-0.05, 0) is 49.9 Å². The van der Waals surface area contributed by atoms with Gasteiger partial charge in [-0.3, -0.25) is 4.68 Å². The Balaban J connectivity index is 1.38. The van der Waals surface area contributed by atoms with Crippen molar-refractivity contribution in [2.75, 3.05) is 5.32 Å². The lowest BCUT2D eigenvalue weighted by Crippen LogP contribution is -2.29. The second-order valence-corrected chi connectivity index (χ2v) is 9.07. The number of nitrogens with one attached hydrogen (secondary N) is 1. The quantitative estimate of drug-likeness (QED) is 0.316. The number of halogens is 5. The number of alkyl halides is 5. The minimum atomic E-state index is -4.73. The Kier molecular flexibility index (Phi) is 6.54. The van der Waals surface area contributed by atoms with Crippen LogP contribution < -0.4 is 5.32 Å². The van der Waals surface area contributed by atoms with Crippen molar-refractivity contribution >= 4 is 16.9 Å². The summed E-state index contributed by atoms with van der Waals surface area (Å²) in [5, 5.41) is 17.0. The van der Waals surface area contributed by atoms with E-state index in [9.17, 15) is 22.0 Å². The van der Waals surface area contributed by atoms with Gasteiger partial charge in [0.05, 0.1) is 23.5 Å². The Morgan fingerprint density at radius 3 is 2.76 bits per heavy atom. The standard InChI is InChI=1S/C25H22F5N7/c26-22(27)14-36-13-17(11-33-36)23-20(25(28,29)30)12-32-24(35-23)34-18-2-1-3-19(9-18)37-7-6-16-8-15(10-31)4-5-21(16)37/h4-8,11-13,18-19,22H,1-3,9,14H2,(H,32,34,35)/t18-,19+/m1/s1. The van der Waals surface area contributed by atoms with Crippen LogP contribution in [0.25, 0.3) is 22.2 Å². The number of rotatable bonds is 6. The summed E-state index contributed by atoms with van der Waals surface area (Å²) in [6.45, 7) is -0.729. The molecule has 1 aliphatic rings. The van der Waals surface area contributed by atoms with E-state index >= 15 is 0 Å². The molecule has 0 bridgehead atoms. The van der Waals surface area contributed by atoms with Crippen molar-refractivity contribution in [1.29, 1.82) is 5.26 Å². The molecule has 1 aliphatic carbocycles. The Bertz CT molecular complexity index is 1450. The molecule has 1 N–H and O–H groups in total. The third-order valence-electron chi connectivity index (χ3n) is 6.55. The molecule has 1 aromatic carbocycles. The van der Waals surface area contributed by atoms with E-state index in [0.29, 0.717) is 18.2 Å². The lowest BCUT2D eigenvalue weighted by atomic mass is 9.90. The zero-order chi connectivity index (χ0) is 26.2. The highest BCUT2D eigenvalue weighted by Crippen LogP contribution is 2.37. The predicted octanol–water partition coefficient (Wildman–Crippen LogP) is 6.05. The van der Waals surface area contributed by atoms with Crippen molar-refractivity contribution in [2.24, 2.45) is 0 Å². The molecule has 192 valence electrons. The highest BCUT2D eigenvalue weighted by molar-refractivity contribution is 5.81. The molecule has 5 rings (SSSR count). The van der Waals surface area contributed by atoms with Crippen molar-refractivity contribution in [1.82, 2.24) is 24.3 Å². The number of anilines is 1. The number of hydrogen-bond donors (Lipinski definition) is 1. The highest BCUT2D eigenvalue weighted by Gasteiger charge is 2.36. The van der Waals surface area contributed by atoms with Crippen molar-refractivity contribution in [3.8, 4) is 17.3 Å². The fourth-order valence-electron chi connectivity index (χ4n) is 4.89. The van der Waals surface area contributed by atoms with Crippen molar-refractivity contribution in [2.45, 2.75) is 56.9 Å². The van der Waals surface area contributed by atoms with Crippen LogP contribution in [0.4, 0.5) is 27.9 Å². The van der Waals surface area contributed by atoms with Gasteiger partial charge in [0.2, 0.25) is 5.95 Å². The SMILES string of the molecule is N#Cc1ccc2c(ccn2[C@H]2CCC[C@@H](Nc3ncc(C(F)(F)F)c(-c4cnn(CC(F)F)c4)n3)C2)c1. The average molecular weight is 515 g/mol. The Labute approximate surface area is 208 Å². The van der Waals surface area contributed by atoms with Crippen LogP contribution in [0.1, 0.15) is 42.9 Å². The smallest absolute Gasteiger partial charge is 0.351 e. The fraction of sp³-hybridized carbons (Fsp3) is 0.360. The van der Waals surface area contributed by atoms with Gasteiger partial charge < -0.3 is 9.88 Å². The van der Waals surface area contributed by atoms with Crippen LogP contribution in [0.3, 0.4) is 0 Å². The number of hydrogen-bond acceptors (Lipinski definition) is 5. The molecule has 0 spiro atoms. The fourth-order valence-corrected chi connectivity index (χ4v) is 4.89. The maximum atomic E-state index is 13.7.